The highest BCUT2D eigenvalue weighted by Gasteiger charge is 2.12. The van der Waals surface area contributed by atoms with Crippen LogP contribution in [0.2, 0.25) is 0 Å². The van der Waals surface area contributed by atoms with Crippen LogP contribution >= 0.6 is 11.3 Å². The van der Waals surface area contributed by atoms with Crippen LogP contribution < -0.4 is 10.6 Å². The molecule has 0 spiro atoms. The molecule has 0 radical (unpaired) electrons. The molecule has 0 aliphatic rings. The van der Waals surface area contributed by atoms with Crippen molar-refractivity contribution in [3.63, 3.8) is 0 Å². The molecule has 2 N–H and O–H groups in total. The summed E-state index contributed by atoms with van der Waals surface area (Å²) >= 11 is 1.79. The Bertz CT molecular complexity index is 650. The van der Waals surface area contributed by atoms with E-state index in [-0.39, 0.29) is 0 Å². The van der Waals surface area contributed by atoms with Crippen molar-refractivity contribution in [3.8, 4) is 0 Å². The SMILES string of the molecule is CCOC(CCNC(=NC)NCCCc1nc2ccccc2s1)C(C)C. The molecule has 26 heavy (non-hydrogen) atoms. The van der Waals surface area contributed by atoms with Gasteiger partial charge in [0.1, 0.15) is 0 Å². The average molecular weight is 377 g/mol. The topological polar surface area (TPSA) is 58.5 Å². The number of hydrogen-bond acceptors (Lipinski definition) is 4. The number of guanidine groups is 1. The molecule has 0 aliphatic carbocycles. The molecule has 0 amide bonds. The molecule has 0 bridgehead atoms. The fraction of sp³-hybridized carbons (Fsp3) is 0.600. The number of thiazole rings is 1. The van der Waals surface area contributed by atoms with Gasteiger partial charge >= 0.3 is 0 Å². The number of hydrogen-bond donors (Lipinski definition) is 2. The minimum absolute atomic E-state index is 0.296. The minimum Gasteiger partial charge on any atom is -0.378 e. The molecule has 0 fully saturated rings. The van der Waals surface area contributed by atoms with Gasteiger partial charge in [-0.2, -0.15) is 0 Å². The van der Waals surface area contributed by atoms with E-state index in [1.807, 2.05) is 13.1 Å². The number of rotatable bonds is 10. The monoisotopic (exact) mass is 376 g/mol. The van der Waals surface area contributed by atoms with Crippen molar-refractivity contribution in [1.82, 2.24) is 15.6 Å². The maximum Gasteiger partial charge on any atom is 0.190 e. The van der Waals surface area contributed by atoms with Gasteiger partial charge in [-0.3, -0.25) is 4.99 Å². The van der Waals surface area contributed by atoms with Crippen LogP contribution in [0.25, 0.3) is 10.2 Å². The first-order chi connectivity index (χ1) is 12.6. The first-order valence-corrected chi connectivity index (χ1v) is 10.4. The highest BCUT2D eigenvalue weighted by molar-refractivity contribution is 7.18. The number of ether oxygens (including phenoxy) is 1. The Hall–Kier alpha value is -1.66. The van der Waals surface area contributed by atoms with E-state index in [4.69, 9.17) is 4.74 Å². The second-order valence-electron chi connectivity index (χ2n) is 6.63. The predicted octanol–water partition coefficient (Wildman–Crippen LogP) is 3.85. The van der Waals surface area contributed by atoms with Crippen LogP contribution in [0.3, 0.4) is 0 Å². The van der Waals surface area contributed by atoms with Crippen molar-refractivity contribution in [2.24, 2.45) is 10.9 Å². The molecular weight excluding hydrogens is 344 g/mol. The van der Waals surface area contributed by atoms with Crippen molar-refractivity contribution >= 4 is 27.5 Å². The van der Waals surface area contributed by atoms with Gasteiger partial charge in [0.15, 0.2) is 5.96 Å². The highest BCUT2D eigenvalue weighted by atomic mass is 32.1. The largest absolute Gasteiger partial charge is 0.378 e. The molecule has 1 aromatic heterocycles. The standard InChI is InChI=1S/C20H32N4OS/c1-5-25-17(15(2)3)12-14-23-20(21-4)22-13-8-11-19-24-16-9-6-7-10-18(16)26-19/h6-7,9-10,15,17H,5,8,11-14H2,1-4H3,(H2,21,22,23). The number of nitrogens with zero attached hydrogens (tertiary/aromatic N) is 2. The molecule has 6 heteroatoms. The summed E-state index contributed by atoms with van der Waals surface area (Å²) in [6.07, 6.45) is 3.30. The van der Waals surface area contributed by atoms with Gasteiger partial charge in [0.05, 0.1) is 21.3 Å². The molecule has 1 unspecified atom stereocenters. The van der Waals surface area contributed by atoms with Gasteiger partial charge in [-0.15, -0.1) is 11.3 Å². The van der Waals surface area contributed by atoms with Crippen molar-refractivity contribution in [2.75, 3.05) is 26.7 Å². The second kappa shape index (κ2) is 11.1. The number of aromatic nitrogens is 1. The normalized spacial score (nSPS) is 13.3. The molecule has 1 atom stereocenters. The molecule has 2 aromatic rings. The molecule has 1 heterocycles. The van der Waals surface area contributed by atoms with E-state index >= 15 is 0 Å². The highest BCUT2D eigenvalue weighted by Crippen LogP contribution is 2.22. The van der Waals surface area contributed by atoms with E-state index < -0.39 is 0 Å². The van der Waals surface area contributed by atoms with Crippen LogP contribution in [0, 0.1) is 5.92 Å². The van der Waals surface area contributed by atoms with Crippen molar-refractivity contribution in [3.05, 3.63) is 29.3 Å². The molecular formula is C20H32N4OS. The maximum absolute atomic E-state index is 5.79. The van der Waals surface area contributed by atoms with E-state index in [9.17, 15) is 0 Å². The van der Waals surface area contributed by atoms with Crippen LogP contribution in [-0.4, -0.2) is 43.8 Å². The van der Waals surface area contributed by atoms with E-state index in [1.165, 1.54) is 9.71 Å². The first-order valence-electron chi connectivity index (χ1n) is 9.54. The quantitative estimate of drug-likeness (QED) is 0.376. The van der Waals surface area contributed by atoms with Gasteiger partial charge in [-0.1, -0.05) is 26.0 Å². The third-order valence-electron chi connectivity index (χ3n) is 4.27. The zero-order valence-corrected chi connectivity index (χ0v) is 17.2. The number of fused-ring (bicyclic) bond motifs is 1. The van der Waals surface area contributed by atoms with E-state index in [0.717, 1.165) is 50.4 Å². The maximum atomic E-state index is 5.79. The van der Waals surface area contributed by atoms with Crippen LogP contribution in [0.5, 0.6) is 0 Å². The summed E-state index contributed by atoms with van der Waals surface area (Å²) in [5, 5.41) is 7.96. The van der Waals surface area contributed by atoms with Crippen molar-refractivity contribution in [2.45, 2.75) is 46.1 Å². The van der Waals surface area contributed by atoms with Gasteiger partial charge in [0.25, 0.3) is 0 Å². The van der Waals surface area contributed by atoms with E-state index in [0.29, 0.717) is 12.0 Å². The molecule has 0 saturated heterocycles. The summed E-state index contributed by atoms with van der Waals surface area (Å²) < 4.78 is 7.05. The summed E-state index contributed by atoms with van der Waals surface area (Å²) in [6.45, 7) is 8.97. The number of aliphatic imine (C=N–C) groups is 1. The van der Waals surface area contributed by atoms with Gasteiger partial charge in [0.2, 0.25) is 0 Å². The van der Waals surface area contributed by atoms with Crippen LogP contribution in [0.4, 0.5) is 0 Å². The van der Waals surface area contributed by atoms with Crippen LogP contribution in [0.15, 0.2) is 29.3 Å². The van der Waals surface area contributed by atoms with Gasteiger partial charge in [0, 0.05) is 33.2 Å². The number of benzene rings is 1. The van der Waals surface area contributed by atoms with Crippen molar-refractivity contribution < 1.29 is 4.74 Å². The van der Waals surface area contributed by atoms with Gasteiger partial charge in [-0.05, 0) is 37.8 Å². The lowest BCUT2D eigenvalue weighted by Gasteiger charge is -2.21. The summed E-state index contributed by atoms with van der Waals surface area (Å²) in [5.41, 5.74) is 1.10. The average Bonchev–Trinajstić information content (AvgIpc) is 3.05. The van der Waals surface area contributed by atoms with Crippen LogP contribution in [0.1, 0.15) is 38.6 Å². The second-order valence-corrected chi connectivity index (χ2v) is 7.75. The zero-order valence-electron chi connectivity index (χ0n) is 16.4. The third-order valence-corrected chi connectivity index (χ3v) is 5.36. The van der Waals surface area contributed by atoms with Crippen molar-refractivity contribution in [1.29, 1.82) is 0 Å². The Balaban J connectivity index is 1.66. The lowest BCUT2D eigenvalue weighted by Crippen LogP contribution is -2.39. The molecule has 144 valence electrons. The molecule has 0 saturated carbocycles. The fourth-order valence-electron chi connectivity index (χ4n) is 2.85. The molecule has 2 rings (SSSR count). The molecule has 0 aliphatic heterocycles. The lowest BCUT2D eigenvalue weighted by atomic mass is 10.0. The Kier molecular flexibility index (Phi) is 8.85. The Labute approximate surface area is 161 Å². The molecule has 5 nitrogen and oxygen atoms in total. The van der Waals surface area contributed by atoms with E-state index in [2.05, 4.69) is 59.6 Å². The number of para-hydroxylation sites is 1. The molecule has 1 aromatic carbocycles. The number of aryl methyl sites for hydroxylation is 1. The summed E-state index contributed by atoms with van der Waals surface area (Å²) in [5.74, 6) is 1.38. The number of nitrogens with one attached hydrogen (secondary N) is 2. The third kappa shape index (κ3) is 6.57. The Morgan fingerprint density at radius 1 is 1.23 bits per heavy atom. The lowest BCUT2D eigenvalue weighted by molar-refractivity contribution is 0.0258. The summed E-state index contributed by atoms with van der Waals surface area (Å²) in [7, 11) is 1.81. The summed E-state index contributed by atoms with van der Waals surface area (Å²) in [4.78, 5) is 8.98. The first kappa shape index (κ1) is 20.6. The van der Waals surface area contributed by atoms with E-state index in [1.54, 1.807) is 11.3 Å². The zero-order chi connectivity index (χ0) is 18.8. The Morgan fingerprint density at radius 3 is 2.69 bits per heavy atom. The van der Waals surface area contributed by atoms with Gasteiger partial charge in [-0.25, -0.2) is 4.98 Å². The Morgan fingerprint density at radius 2 is 2.00 bits per heavy atom. The minimum atomic E-state index is 0.296. The van der Waals surface area contributed by atoms with Crippen LogP contribution in [-0.2, 0) is 11.2 Å². The smallest absolute Gasteiger partial charge is 0.190 e. The fourth-order valence-corrected chi connectivity index (χ4v) is 3.86. The predicted molar refractivity (Wildman–Crippen MR) is 112 cm³/mol. The van der Waals surface area contributed by atoms with Gasteiger partial charge < -0.3 is 15.4 Å². The summed E-state index contributed by atoms with van der Waals surface area (Å²) in [6, 6.07) is 8.31.